The molecule has 0 bridgehead atoms. The number of methoxy groups -OCH3 is 1. The molecule has 32 heavy (non-hydrogen) atoms. The fourth-order valence-electron chi connectivity index (χ4n) is 4.72. The molecule has 4 rings (SSSR count). The minimum Gasteiger partial charge on any atom is -0.497 e. The molecule has 2 fully saturated rings. The van der Waals surface area contributed by atoms with Crippen LogP contribution in [-0.4, -0.2) is 61.9 Å². The van der Waals surface area contributed by atoms with Crippen LogP contribution in [0.25, 0.3) is 5.69 Å². The van der Waals surface area contributed by atoms with Gasteiger partial charge < -0.3 is 19.7 Å². The summed E-state index contributed by atoms with van der Waals surface area (Å²) in [6.45, 7) is 5.39. The summed E-state index contributed by atoms with van der Waals surface area (Å²) in [4.78, 5) is 28.0. The molecule has 1 N–H and O–H groups in total. The van der Waals surface area contributed by atoms with Crippen molar-refractivity contribution in [2.45, 2.75) is 32.1 Å². The topological polar surface area (TPSA) is 72.8 Å². The second-order valence-electron chi connectivity index (χ2n) is 8.96. The molecule has 2 aliphatic rings. The predicted molar refractivity (Wildman–Crippen MR) is 124 cm³/mol. The lowest BCUT2D eigenvalue weighted by Gasteiger charge is -2.42. The summed E-state index contributed by atoms with van der Waals surface area (Å²) in [7, 11) is 1.60. The molecule has 2 aliphatic heterocycles. The molecule has 172 valence electrons. The van der Waals surface area contributed by atoms with Crippen molar-refractivity contribution >= 4 is 5.91 Å². The third-order valence-electron chi connectivity index (χ3n) is 6.71. The average Bonchev–Trinajstić information content (AvgIpc) is 2.84. The van der Waals surface area contributed by atoms with Gasteiger partial charge in [-0.05, 0) is 69.1 Å². The molecule has 0 atom stereocenters. The van der Waals surface area contributed by atoms with Gasteiger partial charge in [-0.3, -0.25) is 14.2 Å². The van der Waals surface area contributed by atoms with E-state index in [0.29, 0.717) is 23.5 Å². The summed E-state index contributed by atoms with van der Waals surface area (Å²) < 4.78 is 12.3. The number of benzene rings is 1. The van der Waals surface area contributed by atoms with E-state index in [1.165, 1.54) is 29.9 Å². The van der Waals surface area contributed by atoms with Crippen molar-refractivity contribution in [1.29, 1.82) is 0 Å². The molecule has 0 radical (unpaired) electrons. The lowest BCUT2D eigenvalue weighted by Crippen LogP contribution is -2.49. The Kier molecular flexibility index (Phi) is 7.27. The first kappa shape index (κ1) is 22.6. The number of rotatable bonds is 7. The maximum atomic E-state index is 13.0. The highest BCUT2D eigenvalue weighted by atomic mass is 16.5. The Morgan fingerprint density at radius 1 is 1.06 bits per heavy atom. The highest BCUT2D eigenvalue weighted by molar-refractivity contribution is 5.93. The largest absolute Gasteiger partial charge is 0.497 e. The van der Waals surface area contributed by atoms with E-state index in [4.69, 9.17) is 9.47 Å². The lowest BCUT2D eigenvalue weighted by atomic mass is 9.79. The number of nitrogens with one attached hydrogen (secondary N) is 1. The number of hydrogen-bond donors (Lipinski definition) is 1. The molecule has 0 saturated carbocycles. The van der Waals surface area contributed by atoms with Crippen LogP contribution in [0.2, 0.25) is 0 Å². The summed E-state index contributed by atoms with van der Waals surface area (Å²) in [6, 6.07) is 10.2. The normalized spacial score (nSPS) is 18.8. The van der Waals surface area contributed by atoms with Crippen LogP contribution in [0.4, 0.5) is 0 Å². The number of carbonyl (C=O) groups excluding carboxylic acids is 1. The van der Waals surface area contributed by atoms with Crippen LogP contribution in [0.15, 0.2) is 47.4 Å². The molecule has 2 aromatic rings. The summed E-state index contributed by atoms with van der Waals surface area (Å²) in [6.07, 6.45) is 7.34. The van der Waals surface area contributed by atoms with E-state index in [2.05, 4.69) is 10.2 Å². The summed E-state index contributed by atoms with van der Waals surface area (Å²) in [5, 5.41) is 3.16. The number of nitrogens with zero attached hydrogens (tertiary/aromatic N) is 2. The SMILES string of the molecule is COc1ccc(-n2cc(C(=O)NCC3(CN4CCCCC4)CCOCC3)ccc2=O)cc1. The van der Waals surface area contributed by atoms with Crippen LogP contribution in [0, 0.1) is 5.41 Å². The number of piperidine rings is 1. The van der Waals surface area contributed by atoms with Crippen LogP contribution in [0.1, 0.15) is 42.5 Å². The zero-order valence-corrected chi connectivity index (χ0v) is 18.8. The van der Waals surface area contributed by atoms with Crippen molar-refractivity contribution in [1.82, 2.24) is 14.8 Å². The predicted octanol–water partition coefficient (Wildman–Crippen LogP) is 2.86. The zero-order chi connectivity index (χ0) is 22.4. The number of aromatic nitrogens is 1. The Morgan fingerprint density at radius 3 is 2.47 bits per heavy atom. The van der Waals surface area contributed by atoms with Crippen molar-refractivity contribution in [3.63, 3.8) is 0 Å². The van der Waals surface area contributed by atoms with E-state index < -0.39 is 0 Å². The lowest BCUT2D eigenvalue weighted by molar-refractivity contribution is -0.00672. The highest BCUT2D eigenvalue weighted by Gasteiger charge is 2.35. The number of hydrogen-bond acceptors (Lipinski definition) is 5. The van der Waals surface area contributed by atoms with Gasteiger partial charge in [0, 0.05) is 49.7 Å². The third kappa shape index (κ3) is 5.40. The molecule has 7 heteroatoms. The van der Waals surface area contributed by atoms with Gasteiger partial charge in [-0.15, -0.1) is 0 Å². The van der Waals surface area contributed by atoms with Gasteiger partial charge in [-0.1, -0.05) is 6.42 Å². The Labute approximate surface area is 189 Å². The van der Waals surface area contributed by atoms with E-state index in [-0.39, 0.29) is 16.9 Å². The smallest absolute Gasteiger partial charge is 0.255 e. The monoisotopic (exact) mass is 439 g/mol. The maximum absolute atomic E-state index is 13.0. The molecular formula is C25H33N3O4. The van der Waals surface area contributed by atoms with Gasteiger partial charge in [0.1, 0.15) is 5.75 Å². The summed E-state index contributed by atoms with van der Waals surface area (Å²) >= 11 is 0. The summed E-state index contributed by atoms with van der Waals surface area (Å²) in [5.74, 6) is 0.558. The van der Waals surface area contributed by atoms with Crippen molar-refractivity contribution in [3.05, 3.63) is 58.5 Å². The first-order valence-electron chi connectivity index (χ1n) is 11.5. The Hall–Kier alpha value is -2.64. The fraction of sp³-hybridized carbons (Fsp3) is 0.520. The molecule has 0 spiro atoms. The molecular weight excluding hydrogens is 406 g/mol. The van der Waals surface area contributed by atoms with Crippen LogP contribution in [0.5, 0.6) is 5.75 Å². The quantitative estimate of drug-likeness (QED) is 0.718. The van der Waals surface area contributed by atoms with E-state index in [1.54, 1.807) is 43.6 Å². The first-order chi connectivity index (χ1) is 15.6. The van der Waals surface area contributed by atoms with Crippen molar-refractivity contribution < 1.29 is 14.3 Å². The van der Waals surface area contributed by atoms with E-state index in [9.17, 15) is 9.59 Å². The van der Waals surface area contributed by atoms with E-state index >= 15 is 0 Å². The van der Waals surface area contributed by atoms with Gasteiger partial charge in [-0.25, -0.2) is 0 Å². The molecule has 1 aromatic heterocycles. The second kappa shape index (κ2) is 10.3. The molecule has 1 aromatic carbocycles. The standard InChI is InChI=1S/C25H33N3O4/c1-31-22-8-6-21(7-9-22)28-17-20(5-10-23(28)29)24(30)26-18-25(11-15-32-16-12-25)19-27-13-3-2-4-14-27/h5-10,17H,2-4,11-16,18-19H2,1H3,(H,26,30). The van der Waals surface area contributed by atoms with Gasteiger partial charge in [-0.2, -0.15) is 0 Å². The van der Waals surface area contributed by atoms with Gasteiger partial charge in [0.05, 0.1) is 12.7 Å². The van der Waals surface area contributed by atoms with Crippen LogP contribution >= 0.6 is 0 Å². The highest BCUT2D eigenvalue weighted by Crippen LogP contribution is 2.32. The third-order valence-corrected chi connectivity index (χ3v) is 6.71. The molecule has 0 aliphatic carbocycles. The van der Waals surface area contributed by atoms with Crippen molar-refractivity contribution in [2.75, 3.05) is 46.5 Å². The van der Waals surface area contributed by atoms with E-state index in [1.807, 2.05) is 0 Å². The van der Waals surface area contributed by atoms with E-state index in [0.717, 1.165) is 45.7 Å². The van der Waals surface area contributed by atoms with Crippen molar-refractivity contribution in [2.24, 2.45) is 5.41 Å². The maximum Gasteiger partial charge on any atom is 0.255 e. The summed E-state index contributed by atoms with van der Waals surface area (Å²) in [5.41, 5.74) is 1.02. The minimum atomic E-state index is -0.183. The molecule has 2 saturated heterocycles. The number of carbonyl (C=O) groups is 1. The molecule has 0 unspecified atom stereocenters. The fourth-order valence-corrected chi connectivity index (χ4v) is 4.72. The van der Waals surface area contributed by atoms with Gasteiger partial charge >= 0.3 is 0 Å². The number of ether oxygens (including phenoxy) is 2. The van der Waals surface area contributed by atoms with Crippen LogP contribution < -0.4 is 15.6 Å². The minimum absolute atomic E-state index is 0.0374. The molecule has 7 nitrogen and oxygen atoms in total. The average molecular weight is 440 g/mol. The number of pyridine rings is 1. The van der Waals surface area contributed by atoms with Crippen LogP contribution in [0.3, 0.4) is 0 Å². The first-order valence-corrected chi connectivity index (χ1v) is 11.5. The van der Waals surface area contributed by atoms with Crippen molar-refractivity contribution in [3.8, 4) is 11.4 Å². The Morgan fingerprint density at radius 2 is 1.78 bits per heavy atom. The Balaban J connectivity index is 1.46. The zero-order valence-electron chi connectivity index (χ0n) is 18.8. The number of amides is 1. The molecule has 1 amide bonds. The Bertz CT molecular complexity index is 958. The van der Waals surface area contributed by atoms with Gasteiger partial charge in [0.2, 0.25) is 0 Å². The number of likely N-dealkylation sites (tertiary alicyclic amines) is 1. The molecule has 3 heterocycles. The van der Waals surface area contributed by atoms with Gasteiger partial charge in [0.25, 0.3) is 11.5 Å². The second-order valence-corrected chi connectivity index (χ2v) is 8.96. The van der Waals surface area contributed by atoms with Gasteiger partial charge in [0.15, 0.2) is 0 Å². The van der Waals surface area contributed by atoms with Crippen LogP contribution in [-0.2, 0) is 4.74 Å².